The Bertz CT molecular complexity index is 593. The molecule has 0 aliphatic heterocycles. The van der Waals surface area contributed by atoms with Gasteiger partial charge in [0.05, 0.1) is 11.3 Å². The summed E-state index contributed by atoms with van der Waals surface area (Å²) in [6.07, 6.45) is 2.78. The Hall–Kier alpha value is -2.15. The number of carbonyl (C=O) groups is 1. The molecule has 0 saturated carbocycles. The maximum Gasteiger partial charge on any atom is 0.348 e. The lowest BCUT2D eigenvalue weighted by Crippen LogP contribution is -2.04. The summed E-state index contributed by atoms with van der Waals surface area (Å²) in [5.41, 5.74) is 0.400. The van der Waals surface area contributed by atoms with E-state index in [4.69, 9.17) is 5.11 Å². The maximum absolute atomic E-state index is 11.1. The number of nitrogens with one attached hydrogen (secondary N) is 2. The van der Waals surface area contributed by atoms with E-state index in [0.29, 0.717) is 11.3 Å². The van der Waals surface area contributed by atoms with E-state index in [-0.39, 0.29) is 10.4 Å². The van der Waals surface area contributed by atoms with Crippen molar-refractivity contribution in [1.82, 2.24) is 10.2 Å². The minimum absolute atomic E-state index is 0.156. The molecule has 0 amide bonds. The van der Waals surface area contributed by atoms with Crippen LogP contribution in [0.1, 0.15) is 15.2 Å². The van der Waals surface area contributed by atoms with Gasteiger partial charge in [-0.2, -0.15) is 0 Å². The molecule has 6 nitrogen and oxygen atoms in total. The Morgan fingerprint density at radius 1 is 1.56 bits per heavy atom. The summed E-state index contributed by atoms with van der Waals surface area (Å²) >= 11 is 1.09. The molecule has 2 aromatic rings. The van der Waals surface area contributed by atoms with Crippen molar-refractivity contribution in [3.63, 3.8) is 0 Å². The number of aromatic carboxylic acids is 1. The first-order valence-electron chi connectivity index (χ1n) is 4.29. The molecule has 0 atom stereocenters. The molecule has 82 valence electrons. The van der Waals surface area contributed by atoms with E-state index in [1.165, 1.54) is 12.4 Å². The van der Waals surface area contributed by atoms with Crippen LogP contribution in [0.3, 0.4) is 0 Å². The van der Waals surface area contributed by atoms with E-state index in [1.54, 1.807) is 11.4 Å². The van der Waals surface area contributed by atoms with Crippen molar-refractivity contribution in [3.8, 4) is 0 Å². The average molecular weight is 237 g/mol. The second-order valence-electron chi connectivity index (χ2n) is 2.90. The number of nitrogens with zero attached hydrogens (tertiary/aromatic N) is 1. The highest BCUT2D eigenvalue weighted by Crippen LogP contribution is 2.24. The first kappa shape index (κ1) is 10.4. The number of hydrogen-bond acceptors (Lipinski definition) is 4. The number of aliphatic imine (C=N–C) groups is 1. The fourth-order valence-corrected chi connectivity index (χ4v) is 1.79. The van der Waals surface area contributed by atoms with Crippen LogP contribution in [0.15, 0.2) is 27.4 Å². The molecule has 0 bridgehead atoms. The summed E-state index contributed by atoms with van der Waals surface area (Å²) in [6.45, 7) is 0. The van der Waals surface area contributed by atoms with E-state index in [2.05, 4.69) is 15.2 Å². The molecule has 0 aromatic carbocycles. The minimum Gasteiger partial charge on any atom is -0.477 e. The van der Waals surface area contributed by atoms with Gasteiger partial charge in [0.25, 0.3) is 5.56 Å². The smallest absolute Gasteiger partial charge is 0.348 e. The number of hydrogen-bond donors (Lipinski definition) is 3. The molecule has 2 rings (SSSR count). The molecule has 2 heterocycles. The number of rotatable bonds is 3. The van der Waals surface area contributed by atoms with Crippen LogP contribution in [0.2, 0.25) is 0 Å². The number of aromatic amines is 2. The summed E-state index contributed by atoms with van der Waals surface area (Å²) in [7, 11) is 0. The standard InChI is InChI=1S/C9H7N3O3S/c13-8-5(4-11-12-8)3-10-6-1-2-16-7(6)9(14)15/h1-4H,(H,14,15)(H2,11,12,13). The van der Waals surface area contributed by atoms with Gasteiger partial charge in [-0.1, -0.05) is 0 Å². The van der Waals surface area contributed by atoms with Crippen molar-refractivity contribution in [1.29, 1.82) is 0 Å². The summed E-state index contributed by atoms with van der Waals surface area (Å²) in [5, 5.41) is 15.3. The van der Waals surface area contributed by atoms with Gasteiger partial charge in [0.2, 0.25) is 0 Å². The third-order valence-corrected chi connectivity index (χ3v) is 2.75. The largest absolute Gasteiger partial charge is 0.477 e. The van der Waals surface area contributed by atoms with Gasteiger partial charge < -0.3 is 10.2 Å². The monoisotopic (exact) mass is 237 g/mol. The Kier molecular flexibility index (Phi) is 2.69. The van der Waals surface area contributed by atoms with E-state index in [1.807, 2.05) is 0 Å². The molecule has 7 heteroatoms. The summed E-state index contributed by atoms with van der Waals surface area (Å²) in [4.78, 5) is 26.0. The van der Waals surface area contributed by atoms with Crippen LogP contribution in [0.4, 0.5) is 5.69 Å². The predicted molar refractivity (Wildman–Crippen MR) is 59.9 cm³/mol. The second-order valence-corrected chi connectivity index (χ2v) is 3.81. The predicted octanol–water partition coefficient (Wildman–Crippen LogP) is 1.21. The van der Waals surface area contributed by atoms with Gasteiger partial charge in [-0.25, -0.2) is 4.79 Å². The quantitative estimate of drug-likeness (QED) is 0.700. The topological polar surface area (TPSA) is 98.3 Å². The lowest BCUT2D eigenvalue weighted by atomic mass is 10.3. The van der Waals surface area contributed by atoms with E-state index in [0.717, 1.165) is 11.3 Å². The number of H-pyrrole nitrogens is 2. The second kappa shape index (κ2) is 4.15. The number of thiophene rings is 1. The van der Waals surface area contributed by atoms with Gasteiger partial charge in [0.1, 0.15) is 4.88 Å². The van der Waals surface area contributed by atoms with Crippen LogP contribution in [0.25, 0.3) is 0 Å². The molecule has 2 aromatic heterocycles. The molecule has 0 saturated heterocycles. The zero-order valence-corrected chi connectivity index (χ0v) is 8.75. The van der Waals surface area contributed by atoms with Gasteiger partial charge in [-0.3, -0.25) is 14.9 Å². The van der Waals surface area contributed by atoms with Crippen molar-refractivity contribution in [2.75, 3.05) is 0 Å². The molecule has 0 fully saturated rings. The van der Waals surface area contributed by atoms with Gasteiger partial charge >= 0.3 is 5.97 Å². The van der Waals surface area contributed by atoms with E-state index in [9.17, 15) is 9.59 Å². The fraction of sp³-hybridized carbons (Fsp3) is 0. The van der Waals surface area contributed by atoms with Gasteiger partial charge in [0, 0.05) is 12.4 Å². The average Bonchev–Trinajstić information content (AvgIpc) is 2.83. The molecular formula is C9H7N3O3S. The third-order valence-electron chi connectivity index (χ3n) is 1.86. The van der Waals surface area contributed by atoms with Crippen molar-refractivity contribution in [2.24, 2.45) is 4.99 Å². The molecule has 0 aliphatic rings. The van der Waals surface area contributed by atoms with Crippen LogP contribution in [0.5, 0.6) is 0 Å². The molecule has 16 heavy (non-hydrogen) atoms. The van der Waals surface area contributed by atoms with Crippen LogP contribution in [0, 0.1) is 0 Å². The van der Waals surface area contributed by atoms with E-state index >= 15 is 0 Å². The fourth-order valence-electron chi connectivity index (χ4n) is 1.12. The first-order chi connectivity index (χ1) is 7.68. The Labute approximate surface area is 93.3 Å². The molecule has 0 aliphatic carbocycles. The summed E-state index contributed by atoms with van der Waals surface area (Å²) in [5.74, 6) is -1.02. The normalized spacial score (nSPS) is 11.0. The lowest BCUT2D eigenvalue weighted by molar-refractivity contribution is 0.0703. The molecule has 3 N–H and O–H groups in total. The van der Waals surface area contributed by atoms with Crippen LogP contribution < -0.4 is 5.56 Å². The molecular weight excluding hydrogens is 230 g/mol. The van der Waals surface area contributed by atoms with Gasteiger partial charge in [-0.15, -0.1) is 11.3 Å². The Morgan fingerprint density at radius 3 is 3.00 bits per heavy atom. The summed E-state index contributed by atoms with van der Waals surface area (Å²) in [6, 6.07) is 1.59. The van der Waals surface area contributed by atoms with Crippen LogP contribution >= 0.6 is 11.3 Å². The number of aromatic nitrogens is 2. The minimum atomic E-state index is -1.02. The SMILES string of the molecule is O=C(O)c1sccc1N=Cc1c[nH][nH]c1=O. The van der Waals surface area contributed by atoms with Crippen molar-refractivity contribution >= 4 is 29.2 Å². The first-order valence-corrected chi connectivity index (χ1v) is 5.17. The molecule has 0 spiro atoms. The number of carboxylic acid groups (broad SMARTS) is 1. The Morgan fingerprint density at radius 2 is 2.38 bits per heavy atom. The molecule has 0 unspecified atom stereocenters. The maximum atomic E-state index is 11.1. The summed E-state index contributed by atoms with van der Waals surface area (Å²) < 4.78 is 0. The third kappa shape index (κ3) is 1.94. The van der Waals surface area contributed by atoms with Crippen LogP contribution in [-0.4, -0.2) is 27.5 Å². The zero-order chi connectivity index (χ0) is 11.5. The van der Waals surface area contributed by atoms with Gasteiger partial charge in [0.15, 0.2) is 0 Å². The lowest BCUT2D eigenvalue weighted by Gasteiger charge is -1.90. The number of carboxylic acids is 1. The van der Waals surface area contributed by atoms with Crippen molar-refractivity contribution < 1.29 is 9.90 Å². The van der Waals surface area contributed by atoms with Crippen LogP contribution in [-0.2, 0) is 0 Å². The van der Waals surface area contributed by atoms with Gasteiger partial charge in [-0.05, 0) is 11.4 Å². The van der Waals surface area contributed by atoms with E-state index < -0.39 is 5.97 Å². The zero-order valence-electron chi connectivity index (χ0n) is 7.93. The van der Waals surface area contributed by atoms with Crippen molar-refractivity contribution in [2.45, 2.75) is 0 Å². The highest BCUT2D eigenvalue weighted by atomic mass is 32.1. The van der Waals surface area contributed by atoms with Crippen molar-refractivity contribution in [3.05, 3.63) is 38.4 Å². The molecule has 0 radical (unpaired) electrons. The highest BCUT2D eigenvalue weighted by Gasteiger charge is 2.10. The highest BCUT2D eigenvalue weighted by molar-refractivity contribution is 7.12. The Balaban J connectivity index is 2.31.